The maximum Gasteiger partial charge on any atom is 0.332 e. The van der Waals surface area contributed by atoms with Crippen molar-refractivity contribution in [2.24, 2.45) is 7.05 Å². The van der Waals surface area contributed by atoms with E-state index in [-0.39, 0.29) is 0 Å². The smallest absolute Gasteiger partial charge is 0.324 e. The van der Waals surface area contributed by atoms with Gasteiger partial charge in [-0.05, 0) is 43.7 Å². The van der Waals surface area contributed by atoms with Crippen LogP contribution in [0.5, 0.6) is 0 Å². The Labute approximate surface area is 154 Å². The van der Waals surface area contributed by atoms with Gasteiger partial charge in [0.15, 0.2) is 0 Å². The Morgan fingerprint density at radius 3 is 2.70 bits per heavy atom. The van der Waals surface area contributed by atoms with E-state index in [2.05, 4.69) is 10.3 Å². The fourth-order valence-electron chi connectivity index (χ4n) is 2.97. The highest BCUT2D eigenvalue weighted by Gasteiger charge is 2.16. The lowest BCUT2D eigenvalue weighted by Gasteiger charge is -2.12. The molecule has 1 N–H and O–H groups in total. The Hall–Kier alpha value is -3.73. The van der Waals surface area contributed by atoms with E-state index in [4.69, 9.17) is 5.26 Å². The van der Waals surface area contributed by atoms with Gasteiger partial charge in [0.05, 0.1) is 17.0 Å². The van der Waals surface area contributed by atoms with Crippen molar-refractivity contribution in [1.82, 2.24) is 14.1 Å². The Morgan fingerprint density at radius 1 is 1.26 bits per heavy atom. The van der Waals surface area contributed by atoms with Gasteiger partial charge in [0.1, 0.15) is 12.2 Å². The molecule has 2 aromatic heterocycles. The fourth-order valence-corrected chi connectivity index (χ4v) is 2.97. The minimum absolute atomic E-state index is 0.292. The average Bonchev–Trinajstić information content (AvgIpc) is 2.63. The van der Waals surface area contributed by atoms with Crippen LogP contribution in [0.1, 0.15) is 16.8 Å². The molecule has 0 aliphatic carbocycles. The van der Waals surface area contributed by atoms with E-state index in [0.29, 0.717) is 33.5 Å². The summed E-state index contributed by atoms with van der Waals surface area (Å²) in [6.45, 7) is 3.11. The average molecular weight is 363 g/mol. The van der Waals surface area contributed by atoms with Crippen molar-refractivity contribution in [2.75, 3.05) is 5.32 Å². The molecule has 0 fully saturated rings. The number of aryl methyl sites for hydroxylation is 3. The predicted octanol–water partition coefficient (Wildman–Crippen LogP) is 1.22. The molecule has 0 atom stereocenters. The monoisotopic (exact) mass is 363 g/mol. The van der Waals surface area contributed by atoms with E-state index in [1.165, 1.54) is 17.7 Å². The van der Waals surface area contributed by atoms with Gasteiger partial charge in [-0.1, -0.05) is 6.07 Å². The van der Waals surface area contributed by atoms with Gasteiger partial charge in [0, 0.05) is 18.4 Å². The van der Waals surface area contributed by atoms with Crippen LogP contribution in [0.15, 0.2) is 39.9 Å². The largest absolute Gasteiger partial charge is 0.332 e. The topological polar surface area (TPSA) is 110 Å². The first-order valence-corrected chi connectivity index (χ1v) is 8.19. The van der Waals surface area contributed by atoms with E-state index in [1.807, 2.05) is 6.07 Å². The molecule has 8 nitrogen and oxygen atoms in total. The summed E-state index contributed by atoms with van der Waals surface area (Å²) in [6, 6.07) is 10.1. The number of carbonyl (C=O) groups excluding carboxylic acids is 1. The lowest BCUT2D eigenvalue weighted by molar-refractivity contribution is -0.116. The zero-order valence-electron chi connectivity index (χ0n) is 15.1. The predicted molar refractivity (Wildman–Crippen MR) is 101 cm³/mol. The van der Waals surface area contributed by atoms with E-state index in [1.54, 1.807) is 38.1 Å². The number of pyridine rings is 1. The van der Waals surface area contributed by atoms with Crippen molar-refractivity contribution in [3.05, 3.63) is 68.0 Å². The number of rotatable bonds is 3. The Kier molecular flexibility index (Phi) is 4.60. The highest BCUT2D eigenvalue weighted by atomic mass is 16.2. The van der Waals surface area contributed by atoms with Gasteiger partial charge >= 0.3 is 5.69 Å². The number of hydrogen-bond acceptors (Lipinski definition) is 5. The summed E-state index contributed by atoms with van der Waals surface area (Å²) < 4.78 is 2.15. The van der Waals surface area contributed by atoms with Crippen LogP contribution >= 0.6 is 0 Å². The molecule has 3 aromatic rings. The molecule has 8 heteroatoms. The number of nitriles is 1. The van der Waals surface area contributed by atoms with E-state index < -0.39 is 23.7 Å². The van der Waals surface area contributed by atoms with Gasteiger partial charge in [-0.25, -0.2) is 9.78 Å². The maximum atomic E-state index is 12.8. The number of carbonyl (C=O) groups is 1. The number of amides is 1. The number of aromatic nitrogens is 3. The summed E-state index contributed by atoms with van der Waals surface area (Å²) in [4.78, 5) is 42.0. The SMILES string of the molecule is Cc1cc(C)c2c(=O)n(CC(=O)Nc3cccc(C#N)c3)c(=O)n(C)c2n1. The third kappa shape index (κ3) is 3.35. The number of nitrogens with one attached hydrogen (secondary N) is 1. The first-order chi connectivity index (χ1) is 12.8. The van der Waals surface area contributed by atoms with Crippen molar-refractivity contribution in [3.8, 4) is 6.07 Å². The van der Waals surface area contributed by atoms with E-state index in [9.17, 15) is 14.4 Å². The standard InChI is InChI=1S/C19H17N5O3/c1-11-7-12(2)21-17-16(11)18(26)24(19(27)23(17)3)10-15(25)22-14-6-4-5-13(8-14)9-20/h4-8H,10H2,1-3H3,(H,22,25). The van der Waals surface area contributed by atoms with E-state index in [0.717, 1.165) is 4.57 Å². The Balaban J connectivity index is 2.02. The lowest BCUT2D eigenvalue weighted by atomic mass is 10.2. The molecule has 136 valence electrons. The molecule has 0 saturated heterocycles. The molecule has 0 radical (unpaired) electrons. The van der Waals surface area contributed by atoms with Gasteiger partial charge < -0.3 is 5.32 Å². The van der Waals surface area contributed by atoms with Crippen LogP contribution in [0.3, 0.4) is 0 Å². The molecule has 1 aromatic carbocycles. The third-order valence-corrected chi connectivity index (χ3v) is 4.20. The van der Waals surface area contributed by atoms with Gasteiger partial charge in [-0.15, -0.1) is 0 Å². The molecular weight excluding hydrogens is 346 g/mol. The quantitative estimate of drug-likeness (QED) is 0.752. The summed E-state index contributed by atoms with van der Waals surface area (Å²) in [5.74, 6) is -0.540. The van der Waals surface area contributed by atoms with Gasteiger partial charge in [0.25, 0.3) is 5.56 Å². The minimum Gasteiger partial charge on any atom is -0.324 e. The second-order valence-corrected chi connectivity index (χ2v) is 6.25. The van der Waals surface area contributed by atoms with Crippen molar-refractivity contribution < 1.29 is 4.79 Å². The summed E-state index contributed by atoms with van der Waals surface area (Å²) >= 11 is 0. The highest BCUT2D eigenvalue weighted by molar-refractivity contribution is 5.91. The van der Waals surface area contributed by atoms with Crippen molar-refractivity contribution in [2.45, 2.75) is 20.4 Å². The third-order valence-electron chi connectivity index (χ3n) is 4.20. The molecule has 0 spiro atoms. The Morgan fingerprint density at radius 2 is 2.00 bits per heavy atom. The van der Waals surface area contributed by atoms with Crippen LogP contribution in [0, 0.1) is 25.2 Å². The molecule has 0 saturated carbocycles. The Bertz CT molecular complexity index is 1230. The van der Waals surface area contributed by atoms with E-state index >= 15 is 0 Å². The number of hydrogen-bond donors (Lipinski definition) is 1. The van der Waals surface area contributed by atoms with Crippen LogP contribution in [0.4, 0.5) is 5.69 Å². The summed E-state index contributed by atoms with van der Waals surface area (Å²) in [6.07, 6.45) is 0. The van der Waals surface area contributed by atoms with Crippen molar-refractivity contribution in [3.63, 3.8) is 0 Å². The molecule has 0 unspecified atom stereocenters. The van der Waals surface area contributed by atoms with Crippen LogP contribution in [0.25, 0.3) is 11.0 Å². The summed E-state index contributed by atoms with van der Waals surface area (Å²) in [7, 11) is 1.51. The van der Waals surface area contributed by atoms with Gasteiger partial charge in [-0.3, -0.25) is 18.7 Å². The van der Waals surface area contributed by atoms with Gasteiger partial charge in [0.2, 0.25) is 5.91 Å². The molecular formula is C19H17N5O3. The first-order valence-electron chi connectivity index (χ1n) is 8.19. The first kappa shape index (κ1) is 18.1. The minimum atomic E-state index is -0.620. The molecule has 3 rings (SSSR count). The molecule has 1 amide bonds. The van der Waals surface area contributed by atoms with Crippen LogP contribution in [-0.2, 0) is 18.4 Å². The number of nitrogens with zero attached hydrogens (tertiary/aromatic N) is 4. The molecule has 0 bridgehead atoms. The lowest BCUT2D eigenvalue weighted by Crippen LogP contribution is -2.42. The fraction of sp³-hybridized carbons (Fsp3) is 0.211. The zero-order chi connectivity index (χ0) is 19.7. The van der Waals surface area contributed by atoms with Crippen molar-refractivity contribution in [1.29, 1.82) is 5.26 Å². The highest BCUT2D eigenvalue weighted by Crippen LogP contribution is 2.12. The number of anilines is 1. The number of benzene rings is 1. The van der Waals surface area contributed by atoms with Crippen LogP contribution in [0.2, 0.25) is 0 Å². The van der Waals surface area contributed by atoms with Crippen molar-refractivity contribution >= 4 is 22.6 Å². The normalized spacial score (nSPS) is 10.6. The molecule has 0 aliphatic heterocycles. The molecule has 0 aliphatic rings. The second kappa shape index (κ2) is 6.88. The van der Waals surface area contributed by atoms with Gasteiger partial charge in [-0.2, -0.15) is 5.26 Å². The van der Waals surface area contributed by atoms with Crippen LogP contribution < -0.4 is 16.6 Å². The van der Waals surface area contributed by atoms with Crippen LogP contribution in [-0.4, -0.2) is 20.0 Å². The maximum absolute atomic E-state index is 12.8. The zero-order valence-corrected chi connectivity index (χ0v) is 15.1. The number of fused-ring (bicyclic) bond motifs is 1. The molecule has 27 heavy (non-hydrogen) atoms. The summed E-state index contributed by atoms with van der Waals surface area (Å²) in [5, 5.41) is 11.8. The second-order valence-electron chi connectivity index (χ2n) is 6.25. The molecule has 2 heterocycles. The summed E-state index contributed by atoms with van der Waals surface area (Å²) in [5.41, 5.74) is 1.31.